The zero-order chi connectivity index (χ0) is 19.7. The van der Waals surface area contributed by atoms with Gasteiger partial charge in [-0.3, -0.25) is 4.79 Å². The van der Waals surface area contributed by atoms with E-state index in [1.807, 2.05) is 31.2 Å². The summed E-state index contributed by atoms with van der Waals surface area (Å²) in [5.41, 5.74) is 2.05. The van der Waals surface area contributed by atoms with Crippen LogP contribution in [0.2, 0.25) is 0 Å². The predicted octanol–water partition coefficient (Wildman–Crippen LogP) is 4.65. The van der Waals surface area contributed by atoms with Crippen LogP contribution in [0.1, 0.15) is 55.6 Å². The Morgan fingerprint density at radius 1 is 1.28 bits per heavy atom. The summed E-state index contributed by atoms with van der Waals surface area (Å²) < 4.78 is 5.23. The molecule has 1 saturated heterocycles. The van der Waals surface area contributed by atoms with Gasteiger partial charge in [0, 0.05) is 11.6 Å². The Morgan fingerprint density at radius 3 is 2.69 bits per heavy atom. The summed E-state index contributed by atoms with van der Waals surface area (Å²) in [6, 6.07) is 8.38. The fraction of sp³-hybridized carbons (Fsp3) is 0.545. The lowest BCUT2D eigenvalue weighted by atomic mass is 9.85. The number of halogens is 1. The molecule has 29 heavy (non-hydrogen) atoms. The first kappa shape index (κ1) is 22.1. The molecule has 7 heteroatoms. The molecule has 1 aliphatic carbocycles. The van der Waals surface area contributed by atoms with E-state index in [0.717, 1.165) is 33.3 Å². The van der Waals surface area contributed by atoms with E-state index in [1.165, 1.54) is 25.7 Å². The van der Waals surface area contributed by atoms with E-state index in [-0.39, 0.29) is 30.4 Å². The third-order valence-electron chi connectivity index (χ3n) is 6.10. The average Bonchev–Trinajstić information content (AvgIpc) is 3.31. The molecule has 2 heterocycles. The largest absolute Gasteiger partial charge is 0.497 e. The van der Waals surface area contributed by atoms with Gasteiger partial charge in [0.2, 0.25) is 5.91 Å². The number of aryl methyl sites for hydroxylation is 1. The van der Waals surface area contributed by atoms with Crippen LogP contribution >= 0.6 is 23.7 Å². The first-order chi connectivity index (χ1) is 13.5. The Balaban J connectivity index is 0.00000240. The van der Waals surface area contributed by atoms with Crippen LogP contribution in [0.15, 0.2) is 24.3 Å². The summed E-state index contributed by atoms with van der Waals surface area (Å²) in [6.45, 7) is 4.07. The van der Waals surface area contributed by atoms with Gasteiger partial charge in [0.1, 0.15) is 10.8 Å². The summed E-state index contributed by atoms with van der Waals surface area (Å²) in [6.07, 6.45) is 6.04. The molecular weight excluding hydrogens is 406 g/mol. The monoisotopic (exact) mass is 435 g/mol. The summed E-state index contributed by atoms with van der Waals surface area (Å²) in [5, 5.41) is 7.76. The highest BCUT2D eigenvalue weighted by atomic mass is 35.5. The van der Waals surface area contributed by atoms with Crippen LogP contribution < -0.4 is 15.4 Å². The summed E-state index contributed by atoms with van der Waals surface area (Å²) in [7, 11) is 1.67. The number of rotatable bonds is 5. The number of amides is 1. The van der Waals surface area contributed by atoms with Crippen LogP contribution in [0.4, 0.5) is 0 Å². The molecule has 4 rings (SSSR count). The van der Waals surface area contributed by atoms with Crippen molar-refractivity contribution in [3.05, 3.63) is 34.8 Å². The Hall–Kier alpha value is -1.63. The minimum Gasteiger partial charge on any atom is -0.497 e. The van der Waals surface area contributed by atoms with Crippen LogP contribution in [0.25, 0.3) is 10.6 Å². The van der Waals surface area contributed by atoms with E-state index >= 15 is 0 Å². The zero-order valence-corrected chi connectivity index (χ0v) is 18.9. The quantitative estimate of drug-likeness (QED) is 0.717. The normalized spacial score (nSPS) is 24.3. The molecule has 2 N–H and O–H groups in total. The molecule has 4 atom stereocenters. The fourth-order valence-corrected chi connectivity index (χ4v) is 5.64. The van der Waals surface area contributed by atoms with Crippen molar-refractivity contribution in [2.24, 2.45) is 5.92 Å². The molecule has 1 saturated carbocycles. The lowest BCUT2D eigenvalue weighted by molar-refractivity contribution is -0.123. The molecule has 0 spiro atoms. The molecular formula is C22H30ClN3O2S. The predicted molar refractivity (Wildman–Crippen MR) is 120 cm³/mol. The Morgan fingerprint density at radius 2 is 2.00 bits per heavy atom. The number of thiazole rings is 1. The van der Waals surface area contributed by atoms with Crippen LogP contribution in [-0.4, -0.2) is 30.1 Å². The topological polar surface area (TPSA) is 63.2 Å². The Bertz CT molecular complexity index is 825. The van der Waals surface area contributed by atoms with Crippen molar-refractivity contribution in [1.82, 2.24) is 15.6 Å². The second kappa shape index (κ2) is 9.45. The molecule has 2 aromatic rings. The molecule has 4 unspecified atom stereocenters. The van der Waals surface area contributed by atoms with Gasteiger partial charge in [-0.2, -0.15) is 0 Å². The highest BCUT2D eigenvalue weighted by molar-refractivity contribution is 7.15. The van der Waals surface area contributed by atoms with Gasteiger partial charge in [-0.05, 0) is 63.3 Å². The number of hydrogen-bond acceptors (Lipinski definition) is 5. The molecule has 1 aliphatic heterocycles. The number of fused-ring (bicyclic) bond motifs is 1. The number of hydrogen-bond donors (Lipinski definition) is 2. The molecule has 1 aromatic heterocycles. The third kappa shape index (κ3) is 4.76. The van der Waals surface area contributed by atoms with Crippen LogP contribution in [0, 0.1) is 12.8 Å². The van der Waals surface area contributed by atoms with Crippen molar-refractivity contribution in [2.75, 3.05) is 7.11 Å². The molecule has 5 nitrogen and oxygen atoms in total. The fourth-order valence-electron chi connectivity index (χ4n) is 4.57. The number of nitrogens with one attached hydrogen (secondary N) is 2. The minimum atomic E-state index is -0.0511. The van der Waals surface area contributed by atoms with E-state index < -0.39 is 0 Å². The molecule has 0 bridgehead atoms. The SMILES string of the molecule is COc1ccc(-c2nc(C)c(C(C)NC(=O)C3CC4CCCCC4N3)s2)cc1.Cl. The van der Waals surface area contributed by atoms with Crippen LogP contribution in [-0.2, 0) is 4.79 Å². The summed E-state index contributed by atoms with van der Waals surface area (Å²) in [4.78, 5) is 18.7. The van der Waals surface area contributed by atoms with E-state index in [9.17, 15) is 4.79 Å². The molecule has 1 aromatic carbocycles. The number of nitrogens with zero attached hydrogens (tertiary/aromatic N) is 1. The smallest absolute Gasteiger partial charge is 0.237 e. The van der Waals surface area contributed by atoms with Crippen LogP contribution in [0.3, 0.4) is 0 Å². The highest BCUT2D eigenvalue weighted by Gasteiger charge is 2.38. The van der Waals surface area contributed by atoms with Crippen molar-refractivity contribution in [3.63, 3.8) is 0 Å². The van der Waals surface area contributed by atoms with E-state index in [1.54, 1.807) is 18.4 Å². The summed E-state index contributed by atoms with van der Waals surface area (Å²) >= 11 is 1.65. The molecule has 2 aliphatic rings. The van der Waals surface area contributed by atoms with Gasteiger partial charge < -0.3 is 15.4 Å². The number of benzene rings is 1. The van der Waals surface area contributed by atoms with E-state index in [0.29, 0.717) is 12.0 Å². The zero-order valence-electron chi connectivity index (χ0n) is 17.2. The highest BCUT2D eigenvalue weighted by Crippen LogP contribution is 2.35. The Labute approximate surface area is 183 Å². The van der Waals surface area contributed by atoms with Gasteiger partial charge in [0.15, 0.2) is 0 Å². The molecule has 0 radical (unpaired) electrons. The first-order valence-corrected chi connectivity index (χ1v) is 11.0. The van der Waals surface area contributed by atoms with E-state index in [4.69, 9.17) is 9.72 Å². The lowest BCUT2D eigenvalue weighted by Crippen LogP contribution is -2.43. The van der Waals surface area contributed by atoms with Gasteiger partial charge in [0.25, 0.3) is 0 Å². The number of carbonyl (C=O) groups is 1. The maximum Gasteiger partial charge on any atom is 0.237 e. The van der Waals surface area contributed by atoms with E-state index in [2.05, 4.69) is 17.6 Å². The molecule has 158 valence electrons. The van der Waals surface area contributed by atoms with Crippen molar-refractivity contribution >= 4 is 29.7 Å². The second-order valence-electron chi connectivity index (χ2n) is 8.03. The molecule has 1 amide bonds. The summed E-state index contributed by atoms with van der Waals surface area (Å²) in [5.74, 6) is 1.63. The average molecular weight is 436 g/mol. The first-order valence-electron chi connectivity index (χ1n) is 10.2. The van der Waals surface area contributed by atoms with Crippen molar-refractivity contribution in [3.8, 4) is 16.3 Å². The maximum atomic E-state index is 12.8. The number of aromatic nitrogens is 1. The van der Waals surface area contributed by atoms with Crippen molar-refractivity contribution < 1.29 is 9.53 Å². The third-order valence-corrected chi connectivity index (χ3v) is 7.49. The van der Waals surface area contributed by atoms with Crippen LogP contribution in [0.5, 0.6) is 5.75 Å². The Kier molecular flexibility index (Phi) is 7.19. The minimum absolute atomic E-state index is 0. The van der Waals surface area contributed by atoms with Gasteiger partial charge in [-0.25, -0.2) is 4.98 Å². The van der Waals surface area contributed by atoms with Gasteiger partial charge in [-0.1, -0.05) is 12.8 Å². The van der Waals surface area contributed by atoms with Crippen molar-refractivity contribution in [2.45, 2.75) is 64.1 Å². The van der Waals surface area contributed by atoms with Gasteiger partial charge >= 0.3 is 0 Å². The maximum absolute atomic E-state index is 12.8. The number of methoxy groups -OCH3 is 1. The molecule has 2 fully saturated rings. The standard InChI is InChI=1S/C22H29N3O2S.ClH/c1-13(23-21(26)19-12-16-6-4-5-7-18(16)25-19)20-14(2)24-22(28-20)15-8-10-17(27-3)11-9-15;/h8-11,13,16,18-19,25H,4-7,12H2,1-3H3,(H,23,26);1H. The lowest BCUT2D eigenvalue weighted by Gasteiger charge is -2.24. The number of ether oxygens (including phenoxy) is 1. The van der Waals surface area contributed by atoms with Gasteiger partial charge in [-0.15, -0.1) is 23.7 Å². The number of carbonyl (C=O) groups excluding carboxylic acids is 1. The van der Waals surface area contributed by atoms with Crippen molar-refractivity contribution in [1.29, 1.82) is 0 Å². The second-order valence-corrected chi connectivity index (χ2v) is 9.06. The van der Waals surface area contributed by atoms with Gasteiger partial charge in [0.05, 0.1) is 29.8 Å².